The second-order valence-electron chi connectivity index (χ2n) is 27.6. The van der Waals surface area contributed by atoms with Gasteiger partial charge in [0, 0.05) is 47.3 Å². The molecule has 1 aromatic rings. The molecule has 6 aliphatic rings. The molecule has 0 aromatic heterocycles. The van der Waals surface area contributed by atoms with Crippen LogP contribution in [-0.4, -0.2) is 209 Å². The molecule has 1 aromatic carbocycles. The number of nitrogens with zero attached hydrogens (tertiary/aromatic N) is 1. The van der Waals surface area contributed by atoms with Crippen LogP contribution in [0.15, 0.2) is 24.3 Å². The van der Waals surface area contributed by atoms with Crippen LogP contribution in [0.3, 0.4) is 0 Å². The number of halogens is 4. The van der Waals surface area contributed by atoms with E-state index in [1.165, 1.54) is 13.8 Å². The third-order valence-corrected chi connectivity index (χ3v) is 20.5. The first kappa shape index (κ1) is 77.4. The maximum absolute atomic E-state index is 13.5. The van der Waals surface area contributed by atoms with E-state index in [2.05, 4.69) is 10.2 Å². The monoisotopic (exact) mass is 1330 g/mol. The number of likely N-dealkylation sites (N-methyl/N-ethyl adjacent to an activating group) is 2. The molecule has 6 fully saturated rings. The summed E-state index contributed by atoms with van der Waals surface area (Å²) in [6, 6.07) is 7.11. The Morgan fingerprint density at radius 1 is 0.648 bits per heavy atom. The number of rotatable bonds is 14. The molecule has 0 spiro atoms. The van der Waals surface area contributed by atoms with Gasteiger partial charge in [-0.05, 0) is 138 Å². The van der Waals surface area contributed by atoms with E-state index in [0.29, 0.717) is 37.3 Å². The number of nitrogens with one attached hydrogen (secondary N) is 1. The summed E-state index contributed by atoms with van der Waals surface area (Å²) < 4.78 is 50.1. The summed E-state index contributed by atoms with van der Waals surface area (Å²) >= 11 is 20.5. The third-order valence-electron chi connectivity index (χ3n) is 20.2. The minimum absolute atomic E-state index is 0.0146. The lowest BCUT2D eigenvalue weighted by atomic mass is 9.76. The number of fused-ring (bicyclic) bond motifs is 4. The zero-order valence-electron chi connectivity index (χ0n) is 55.0. The molecule has 6 saturated heterocycles. The molecular formula is C64H108Cl4N2O18. The van der Waals surface area contributed by atoms with Gasteiger partial charge in [0.2, 0.25) is 0 Å². The van der Waals surface area contributed by atoms with E-state index < -0.39 is 160 Å². The van der Waals surface area contributed by atoms with Crippen LogP contribution in [0.4, 0.5) is 0 Å². The van der Waals surface area contributed by atoms with E-state index in [-0.39, 0.29) is 49.0 Å². The highest BCUT2D eigenvalue weighted by atomic mass is 35.6. The summed E-state index contributed by atoms with van der Waals surface area (Å²) in [5.74, 6) is -5.53. The van der Waals surface area contributed by atoms with Gasteiger partial charge in [-0.1, -0.05) is 114 Å². The quantitative estimate of drug-likeness (QED) is 0.0654. The van der Waals surface area contributed by atoms with Crippen molar-refractivity contribution < 1.29 is 88.3 Å². The first-order chi connectivity index (χ1) is 40.7. The van der Waals surface area contributed by atoms with E-state index >= 15 is 0 Å². The van der Waals surface area contributed by atoms with Gasteiger partial charge in [0.05, 0.1) is 84.1 Å². The number of esters is 2. The standard InChI is InChI=1S/C35H56ClNO9.C28H51NO9.CHCl3/c1-10-26(38)35(8,42)31-22(6)29-18(2)16-34(7,46-29)30(20(4)27(39)21(5)32(41)44-31)45-33-28(40)25(15-19(3)43-33)37(9)17-23-11-13-24(36)14-12-23;1-10-19(30)28(8,34)24-17(6)22-13(2)12-27(7,38-22)23(15(4)20(31)16(5)25(33)36-24)37-26-21(32)18(29-9)11-14(3)35-26;2-1(3)4/h11-14,18-22,25-31,33,38-40,42H,10,15-17H2,1-9H3;13-24,26,29-32,34H,10-12H2,1-9H3;1H/t18?,19?,20-,21+,22-,25?,26+,27-,28?,29?,30-,31+,33-,34+,35+;13?,14?,15-,16+,17-,18?,19+,20-,21?,22?,23+,24+,26-,27+,28+;/m00./s1. The summed E-state index contributed by atoms with van der Waals surface area (Å²) in [6.07, 6.45) is -10.6. The van der Waals surface area contributed by atoms with Crippen molar-refractivity contribution in [3.63, 3.8) is 0 Å². The van der Waals surface area contributed by atoms with E-state index in [1.54, 1.807) is 41.7 Å². The van der Waals surface area contributed by atoms with Crippen molar-refractivity contribution in [2.75, 3.05) is 14.1 Å². The van der Waals surface area contributed by atoms with Gasteiger partial charge in [-0.2, -0.15) is 0 Å². The number of hydrogen-bond acceptors (Lipinski definition) is 20. The van der Waals surface area contributed by atoms with Crippen molar-refractivity contribution in [2.24, 2.45) is 47.3 Å². The summed E-state index contributed by atoms with van der Waals surface area (Å²) in [5.41, 5.74) is -4.27. The Hall–Kier alpha value is -1.32. The lowest BCUT2D eigenvalue weighted by Gasteiger charge is -2.47. The van der Waals surface area contributed by atoms with Crippen LogP contribution in [0.25, 0.3) is 0 Å². The van der Waals surface area contributed by atoms with Gasteiger partial charge in [0.1, 0.15) is 35.6 Å². The van der Waals surface area contributed by atoms with Crippen LogP contribution in [0.5, 0.6) is 0 Å². The molecule has 88 heavy (non-hydrogen) atoms. The highest BCUT2D eigenvalue weighted by Gasteiger charge is 2.60. The maximum atomic E-state index is 13.5. The molecule has 0 amide bonds. The Labute approximate surface area is 543 Å². The van der Waals surface area contributed by atoms with Crippen LogP contribution in [0, 0.1) is 47.3 Å². The van der Waals surface area contributed by atoms with Crippen LogP contribution in [0.1, 0.15) is 155 Å². The first-order valence-electron chi connectivity index (χ1n) is 31.7. The lowest BCUT2D eigenvalue weighted by molar-refractivity contribution is -0.302. The molecule has 0 saturated carbocycles. The number of benzene rings is 1. The largest absolute Gasteiger partial charge is 0.459 e. The lowest BCUT2D eigenvalue weighted by Crippen LogP contribution is -2.59. The molecule has 6 heterocycles. The number of ether oxygens (including phenoxy) is 8. The van der Waals surface area contributed by atoms with Crippen molar-refractivity contribution in [3.05, 3.63) is 34.9 Å². The second-order valence-corrected chi connectivity index (χ2v) is 30.0. The van der Waals surface area contributed by atoms with E-state index in [9.17, 15) is 50.4 Å². The zero-order valence-corrected chi connectivity index (χ0v) is 58.0. The fraction of sp³-hybridized carbons (Fsp3) is 0.875. The SMILES string of the molecule is CC[C@@H](O)[C@@](C)(O)[C@@H]1OC(=O)[C@H](C)[C@@H](O)[C@H](C)[C@@H](O[C@@H]2OC(C)CC(NC)C2O)[C@@]2(C)CC(C)C(O2)[C@@H]1C.CC[C@@H](O)[C@@](C)(O)[C@@H]1OC(=O)[C@H](C)[C@@H](O)[C@H](C)[C@H](O[C@@H]2OC(C)CC(N(C)Cc3ccc(Cl)cc3)C2O)[C@@]2(C)CC(C)C(O2)[C@@H]1C.ClC(Cl)Cl. The minimum Gasteiger partial charge on any atom is -0.459 e. The molecule has 10 unspecified atom stereocenters. The number of alkyl halides is 3. The molecule has 0 radical (unpaired) electrons. The highest BCUT2D eigenvalue weighted by molar-refractivity contribution is 6.63. The van der Waals surface area contributed by atoms with Gasteiger partial charge in [-0.25, -0.2) is 0 Å². The number of cyclic esters (lactones) is 2. The summed E-state index contributed by atoms with van der Waals surface area (Å²) in [6.45, 7) is 29.4. The van der Waals surface area contributed by atoms with Gasteiger partial charge in [0.25, 0.3) is 0 Å². The van der Waals surface area contributed by atoms with Gasteiger partial charge >= 0.3 is 11.9 Å². The van der Waals surface area contributed by atoms with E-state index in [0.717, 1.165) is 5.56 Å². The highest BCUT2D eigenvalue weighted by Crippen LogP contribution is 2.50. The Morgan fingerprint density at radius 3 is 1.40 bits per heavy atom. The average molecular weight is 1340 g/mol. The smallest absolute Gasteiger partial charge is 0.311 e. The summed E-state index contributed by atoms with van der Waals surface area (Å²) in [5, 5.41) is 93.8. The Morgan fingerprint density at radius 2 is 1.02 bits per heavy atom. The second kappa shape index (κ2) is 31.9. The molecule has 6 aliphatic heterocycles. The molecule has 0 aliphatic carbocycles. The fourth-order valence-electron chi connectivity index (χ4n) is 15.1. The molecule has 7 rings (SSSR count). The van der Waals surface area contributed by atoms with Crippen molar-refractivity contribution >= 4 is 58.3 Å². The molecular weight excluding hydrogens is 1230 g/mol. The number of hydrogen-bond donors (Lipinski definition) is 9. The third kappa shape index (κ3) is 17.8. The number of aliphatic hydroxyl groups excluding tert-OH is 6. The van der Waals surface area contributed by atoms with Crippen molar-refractivity contribution in [1.82, 2.24) is 10.2 Å². The molecule has 24 heteroatoms. The maximum Gasteiger partial charge on any atom is 0.311 e. The van der Waals surface area contributed by atoms with Crippen LogP contribution in [-0.2, 0) is 54.0 Å². The van der Waals surface area contributed by atoms with Crippen molar-refractivity contribution in [2.45, 2.75) is 293 Å². The van der Waals surface area contributed by atoms with Gasteiger partial charge in [-0.15, -0.1) is 0 Å². The molecule has 510 valence electrons. The molecule has 4 bridgehead atoms. The topological polar surface area (TPSA) is 285 Å². The zero-order chi connectivity index (χ0) is 66.6. The van der Waals surface area contributed by atoms with Gasteiger partial charge in [-0.3, -0.25) is 14.5 Å². The normalized spacial score (nSPS) is 43.9. The first-order valence-corrected chi connectivity index (χ1v) is 33.4. The van der Waals surface area contributed by atoms with E-state index in [1.807, 2.05) is 93.6 Å². The molecule has 9 N–H and O–H groups in total. The summed E-state index contributed by atoms with van der Waals surface area (Å²) in [4.78, 5) is 28.9. The Bertz CT molecular complexity index is 2350. The number of carbonyl (C=O) groups excluding carboxylic acids is 2. The summed E-state index contributed by atoms with van der Waals surface area (Å²) in [7, 11) is 3.74. The predicted molar refractivity (Wildman–Crippen MR) is 335 cm³/mol. The Balaban J connectivity index is 0.000000307. The van der Waals surface area contributed by atoms with Gasteiger partial charge < -0.3 is 84.1 Å². The van der Waals surface area contributed by atoms with Crippen LogP contribution < -0.4 is 5.32 Å². The minimum atomic E-state index is -1.75. The van der Waals surface area contributed by atoms with Gasteiger partial charge in [0.15, 0.2) is 16.9 Å². The van der Waals surface area contributed by atoms with Crippen LogP contribution in [0.2, 0.25) is 5.02 Å². The fourth-order valence-corrected chi connectivity index (χ4v) is 15.2. The van der Waals surface area contributed by atoms with Crippen molar-refractivity contribution in [1.29, 1.82) is 0 Å². The Kier molecular flexibility index (Phi) is 28.1. The molecule has 20 nitrogen and oxygen atoms in total. The number of aliphatic hydroxyl groups is 8. The predicted octanol–water partition coefficient (Wildman–Crippen LogP) is 7.26. The average Bonchev–Trinajstić information content (AvgIpc) is 1.72. The molecule has 30 atom stereocenters. The van der Waals surface area contributed by atoms with Crippen molar-refractivity contribution in [3.8, 4) is 0 Å². The van der Waals surface area contributed by atoms with Crippen LogP contribution >= 0.6 is 46.4 Å². The number of carbonyl (C=O) groups is 2. The van der Waals surface area contributed by atoms with E-state index in [4.69, 9.17) is 84.3 Å².